The van der Waals surface area contributed by atoms with Crippen LogP contribution < -0.4 is 5.32 Å². The minimum absolute atomic E-state index is 0.238. The molecular weight excluding hydrogens is 308 g/mol. The van der Waals surface area contributed by atoms with Crippen molar-refractivity contribution in [2.75, 3.05) is 13.2 Å². The lowest BCUT2D eigenvalue weighted by molar-refractivity contribution is -0.124. The topological polar surface area (TPSA) is 68.3 Å². The highest BCUT2D eigenvalue weighted by atomic mass is 32.1. The van der Waals surface area contributed by atoms with Crippen LogP contribution in [0.15, 0.2) is 22.2 Å². The largest absolute Gasteiger partial charge is 0.451 e. The first-order chi connectivity index (χ1) is 10.2. The Morgan fingerprint density at radius 2 is 2.24 bits per heavy atom. The Kier molecular flexibility index (Phi) is 5.89. The number of aromatic nitrogens is 1. The first kappa shape index (κ1) is 15.7. The number of nitrogens with one attached hydrogen (secondary N) is 1. The number of amides is 1. The summed E-state index contributed by atoms with van der Waals surface area (Å²) in [6.45, 7) is 2.37. The van der Waals surface area contributed by atoms with Gasteiger partial charge in [-0.15, -0.1) is 11.3 Å². The van der Waals surface area contributed by atoms with E-state index in [-0.39, 0.29) is 18.2 Å². The highest BCUT2D eigenvalue weighted by Crippen LogP contribution is 2.25. The predicted molar refractivity (Wildman–Crippen MR) is 83.6 cm³/mol. The molecule has 0 atom stereocenters. The normalized spacial score (nSPS) is 10.3. The van der Waals surface area contributed by atoms with Gasteiger partial charge in [0.2, 0.25) is 0 Å². The zero-order valence-electron chi connectivity index (χ0n) is 11.6. The lowest BCUT2D eigenvalue weighted by Gasteiger charge is -2.04. The summed E-state index contributed by atoms with van der Waals surface area (Å²) in [4.78, 5) is 27.5. The molecule has 0 spiro atoms. The molecule has 0 fully saturated rings. The van der Waals surface area contributed by atoms with Crippen LogP contribution in [0.2, 0.25) is 0 Å². The van der Waals surface area contributed by atoms with Crippen LogP contribution in [0, 0.1) is 0 Å². The Hall–Kier alpha value is -1.73. The van der Waals surface area contributed by atoms with Gasteiger partial charge in [0.05, 0.1) is 0 Å². The summed E-state index contributed by atoms with van der Waals surface area (Å²) in [5.74, 6) is -0.858. The molecule has 1 amide bonds. The van der Waals surface area contributed by atoms with Crippen molar-refractivity contribution in [2.45, 2.75) is 19.8 Å². The first-order valence-corrected chi connectivity index (χ1v) is 8.45. The van der Waals surface area contributed by atoms with E-state index in [9.17, 15) is 9.59 Å². The fraction of sp³-hybridized carbons (Fsp3) is 0.357. The number of nitrogens with zero attached hydrogens (tertiary/aromatic N) is 1. The second-order valence-corrected chi connectivity index (χ2v) is 5.97. The highest BCUT2D eigenvalue weighted by Gasteiger charge is 2.14. The van der Waals surface area contributed by atoms with Crippen molar-refractivity contribution in [3.63, 3.8) is 0 Å². The maximum atomic E-state index is 11.8. The molecule has 0 saturated heterocycles. The van der Waals surface area contributed by atoms with E-state index < -0.39 is 5.97 Å². The van der Waals surface area contributed by atoms with Crippen LogP contribution in [0.25, 0.3) is 10.6 Å². The molecule has 0 unspecified atom stereocenters. The highest BCUT2D eigenvalue weighted by molar-refractivity contribution is 7.14. The van der Waals surface area contributed by atoms with Gasteiger partial charge in [0.25, 0.3) is 5.91 Å². The Morgan fingerprint density at radius 3 is 2.95 bits per heavy atom. The van der Waals surface area contributed by atoms with Crippen LogP contribution in [0.1, 0.15) is 30.3 Å². The van der Waals surface area contributed by atoms with E-state index in [1.807, 2.05) is 23.8 Å². The van der Waals surface area contributed by atoms with Gasteiger partial charge in [0.15, 0.2) is 12.3 Å². The van der Waals surface area contributed by atoms with Gasteiger partial charge in [0, 0.05) is 22.9 Å². The van der Waals surface area contributed by atoms with E-state index in [1.54, 1.807) is 16.7 Å². The van der Waals surface area contributed by atoms with Crippen LogP contribution in [0.3, 0.4) is 0 Å². The van der Waals surface area contributed by atoms with E-state index in [4.69, 9.17) is 4.74 Å². The molecule has 2 rings (SSSR count). The number of carbonyl (C=O) groups excluding carboxylic acids is 2. The van der Waals surface area contributed by atoms with Crippen molar-refractivity contribution >= 4 is 34.6 Å². The molecule has 0 bridgehead atoms. The monoisotopic (exact) mass is 324 g/mol. The fourth-order valence-electron chi connectivity index (χ4n) is 1.55. The Balaban J connectivity index is 1.82. The van der Waals surface area contributed by atoms with Crippen molar-refractivity contribution in [1.29, 1.82) is 0 Å². The smallest absolute Gasteiger partial charge is 0.358 e. The molecule has 0 aliphatic carbocycles. The molecule has 2 aromatic rings. The van der Waals surface area contributed by atoms with Gasteiger partial charge in [0.1, 0.15) is 5.01 Å². The lowest BCUT2D eigenvalue weighted by Crippen LogP contribution is -2.29. The maximum Gasteiger partial charge on any atom is 0.358 e. The van der Waals surface area contributed by atoms with Crippen molar-refractivity contribution in [3.8, 4) is 10.6 Å². The second kappa shape index (κ2) is 7.90. The summed E-state index contributed by atoms with van der Waals surface area (Å²) in [6.07, 6.45) is 1.92. The molecule has 0 aromatic carbocycles. The molecule has 0 aliphatic rings. The number of rotatable bonds is 7. The van der Waals surface area contributed by atoms with Gasteiger partial charge in [-0.05, 0) is 17.9 Å². The second-order valence-electron chi connectivity index (χ2n) is 4.33. The van der Waals surface area contributed by atoms with Crippen LogP contribution in [0.4, 0.5) is 0 Å². The summed E-state index contributed by atoms with van der Waals surface area (Å²) < 4.78 is 4.95. The Labute approximate surface area is 131 Å². The summed E-state index contributed by atoms with van der Waals surface area (Å²) in [6, 6.07) is 1.94. The maximum absolute atomic E-state index is 11.8. The van der Waals surface area contributed by atoms with Crippen LogP contribution in [0.5, 0.6) is 0 Å². The molecule has 0 aliphatic heterocycles. The Morgan fingerprint density at radius 1 is 1.38 bits per heavy atom. The van der Waals surface area contributed by atoms with Gasteiger partial charge in [-0.1, -0.05) is 13.3 Å². The van der Waals surface area contributed by atoms with E-state index in [0.717, 1.165) is 23.4 Å². The summed E-state index contributed by atoms with van der Waals surface area (Å²) >= 11 is 2.95. The van der Waals surface area contributed by atoms with Crippen molar-refractivity contribution in [1.82, 2.24) is 10.3 Å². The number of unbranched alkanes of at least 4 members (excludes halogenated alkanes) is 1. The standard InChI is InChI=1S/C14H16N2O3S2/c1-2-3-5-15-12(17)7-19-14(18)11-9-21-13(16-11)10-4-6-20-8-10/h4,6,8-9H,2-3,5,7H2,1H3,(H,15,17). The molecule has 7 heteroatoms. The van der Waals surface area contributed by atoms with E-state index in [1.165, 1.54) is 11.3 Å². The number of thiazole rings is 1. The average molecular weight is 324 g/mol. The van der Waals surface area contributed by atoms with E-state index >= 15 is 0 Å². The third kappa shape index (κ3) is 4.64. The van der Waals surface area contributed by atoms with Gasteiger partial charge in [-0.25, -0.2) is 9.78 Å². The number of esters is 1. The average Bonchev–Trinajstić information content (AvgIpc) is 3.15. The zero-order chi connectivity index (χ0) is 15.1. The molecule has 5 nitrogen and oxygen atoms in total. The van der Waals surface area contributed by atoms with Gasteiger partial charge in [-0.2, -0.15) is 11.3 Å². The number of hydrogen-bond donors (Lipinski definition) is 1. The molecule has 21 heavy (non-hydrogen) atoms. The number of hydrogen-bond acceptors (Lipinski definition) is 6. The minimum atomic E-state index is -0.571. The molecule has 1 N–H and O–H groups in total. The third-order valence-electron chi connectivity index (χ3n) is 2.67. The molecule has 2 heterocycles. The van der Waals surface area contributed by atoms with Crippen molar-refractivity contribution < 1.29 is 14.3 Å². The van der Waals surface area contributed by atoms with E-state index in [2.05, 4.69) is 10.3 Å². The minimum Gasteiger partial charge on any atom is -0.451 e. The number of thiophene rings is 1. The summed E-state index contributed by atoms with van der Waals surface area (Å²) in [5, 5.41) is 9.02. The van der Waals surface area contributed by atoms with Gasteiger partial charge < -0.3 is 10.1 Å². The predicted octanol–water partition coefficient (Wildman–Crippen LogP) is 2.94. The summed E-state index contributed by atoms with van der Waals surface area (Å²) in [5.41, 5.74) is 1.23. The van der Waals surface area contributed by atoms with Crippen LogP contribution >= 0.6 is 22.7 Å². The molecular formula is C14H16N2O3S2. The number of ether oxygens (including phenoxy) is 1. The lowest BCUT2D eigenvalue weighted by atomic mass is 10.3. The van der Waals surface area contributed by atoms with Crippen molar-refractivity contribution in [3.05, 3.63) is 27.9 Å². The molecule has 0 radical (unpaired) electrons. The summed E-state index contributed by atoms with van der Waals surface area (Å²) in [7, 11) is 0. The Bertz CT molecular complexity index is 593. The zero-order valence-corrected chi connectivity index (χ0v) is 13.3. The van der Waals surface area contributed by atoms with Crippen LogP contribution in [-0.4, -0.2) is 30.0 Å². The third-order valence-corrected chi connectivity index (χ3v) is 4.24. The van der Waals surface area contributed by atoms with Crippen LogP contribution in [-0.2, 0) is 9.53 Å². The van der Waals surface area contributed by atoms with Gasteiger partial charge >= 0.3 is 5.97 Å². The van der Waals surface area contributed by atoms with Crippen molar-refractivity contribution in [2.24, 2.45) is 0 Å². The molecule has 2 aromatic heterocycles. The molecule has 0 saturated carbocycles. The number of carbonyl (C=O) groups is 2. The molecule has 112 valence electrons. The fourth-order valence-corrected chi connectivity index (χ4v) is 3.05. The SMILES string of the molecule is CCCCNC(=O)COC(=O)c1csc(-c2ccsc2)n1. The van der Waals surface area contributed by atoms with Gasteiger partial charge in [-0.3, -0.25) is 4.79 Å². The first-order valence-electron chi connectivity index (χ1n) is 6.62. The quantitative estimate of drug-likeness (QED) is 0.628. The van der Waals surface area contributed by atoms with E-state index in [0.29, 0.717) is 6.54 Å².